The number of anilines is 1. The highest BCUT2D eigenvalue weighted by atomic mass is 32.1. The Labute approximate surface area is 87.0 Å². The number of hydrogen-bond acceptors (Lipinski definition) is 3. The largest absolute Gasteiger partial charge is 0.363 e. The fraction of sp³-hybridized carbons (Fsp3) is 0.222. The average Bonchev–Trinajstić information content (AvgIpc) is 2.54. The van der Waals surface area contributed by atoms with Gasteiger partial charge in [-0.1, -0.05) is 18.2 Å². The molecule has 2 atom stereocenters. The van der Waals surface area contributed by atoms with Crippen LogP contribution in [0.15, 0.2) is 24.3 Å². The molecule has 2 heterocycles. The molecule has 2 aliphatic rings. The van der Waals surface area contributed by atoms with Gasteiger partial charge in [0.2, 0.25) is 0 Å². The lowest BCUT2D eigenvalue weighted by Crippen LogP contribution is -2.60. The first kappa shape index (κ1) is 8.02. The number of benzene rings is 1. The second kappa shape index (κ2) is 2.83. The minimum absolute atomic E-state index is 0.154. The fourth-order valence-electron chi connectivity index (χ4n) is 1.93. The van der Waals surface area contributed by atoms with Crippen molar-refractivity contribution in [1.82, 2.24) is 16.2 Å². The third-order valence-corrected chi connectivity index (χ3v) is 2.79. The van der Waals surface area contributed by atoms with E-state index in [1.165, 1.54) is 5.56 Å². The molecule has 0 radical (unpaired) electrons. The fourth-order valence-corrected chi connectivity index (χ4v) is 2.12. The summed E-state index contributed by atoms with van der Waals surface area (Å²) in [4.78, 5) is 0. The molecule has 4 nitrogen and oxygen atoms in total. The Hall–Kier alpha value is -1.33. The first-order valence-electron chi connectivity index (χ1n) is 4.52. The molecule has 72 valence electrons. The lowest BCUT2D eigenvalue weighted by molar-refractivity contribution is 0.406. The summed E-state index contributed by atoms with van der Waals surface area (Å²) in [5, 5.41) is 7.17. The van der Waals surface area contributed by atoms with E-state index in [-0.39, 0.29) is 12.2 Å². The molecule has 14 heavy (non-hydrogen) atoms. The number of hydrogen-bond donors (Lipinski definition) is 4. The summed E-state index contributed by atoms with van der Waals surface area (Å²) >= 11 is 5.02. The number of thiocarbonyl (C=S) groups is 1. The lowest BCUT2D eigenvalue weighted by Gasteiger charge is -2.30. The van der Waals surface area contributed by atoms with Crippen molar-refractivity contribution in [1.29, 1.82) is 0 Å². The second-order valence-corrected chi connectivity index (χ2v) is 3.84. The van der Waals surface area contributed by atoms with Crippen LogP contribution < -0.4 is 21.5 Å². The predicted molar refractivity (Wildman–Crippen MR) is 58.6 cm³/mol. The topological polar surface area (TPSA) is 48.1 Å². The van der Waals surface area contributed by atoms with Crippen molar-refractivity contribution in [2.45, 2.75) is 12.2 Å². The summed E-state index contributed by atoms with van der Waals surface area (Å²) in [7, 11) is 0. The monoisotopic (exact) mass is 206 g/mol. The molecular weight excluding hydrogens is 196 g/mol. The van der Waals surface area contributed by atoms with E-state index < -0.39 is 0 Å². The third kappa shape index (κ3) is 1.06. The van der Waals surface area contributed by atoms with Crippen molar-refractivity contribution in [2.75, 3.05) is 5.32 Å². The smallest absolute Gasteiger partial charge is 0.182 e. The van der Waals surface area contributed by atoms with Gasteiger partial charge in [0.1, 0.15) is 6.17 Å². The third-order valence-electron chi connectivity index (χ3n) is 2.57. The van der Waals surface area contributed by atoms with Crippen LogP contribution in [-0.4, -0.2) is 11.3 Å². The van der Waals surface area contributed by atoms with Crippen LogP contribution in [-0.2, 0) is 0 Å². The predicted octanol–water partition coefficient (Wildman–Crippen LogP) is 0.462. The van der Waals surface area contributed by atoms with E-state index in [4.69, 9.17) is 12.2 Å². The molecule has 1 saturated heterocycles. The molecule has 0 amide bonds. The maximum atomic E-state index is 5.02. The molecule has 1 aromatic rings. The van der Waals surface area contributed by atoms with Gasteiger partial charge in [0, 0.05) is 5.69 Å². The van der Waals surface area contributed by atoms with Crippen LogP contribution in [0.4, 0.5) is 5.69 Å². The van der Waals surface area contributed by atoms with Crippen LogP contribution >= 0.6 is 12.2 Å². The zero-order valence-corrected chi connectivity index (χ0v) is 8.19. The van der Waals surface area contributed by atoms with Crippen molar-refractivity contribution in [3.63, 3.8) is 0 Å². The summed E-state index contributed by atoms with van der Waals surface area (Å²) in [6.45, 7) is 0. The van der Waals surface area contributed by atoms with Gasteiger partial charge in [-0.25, -0.2) is 5.43 Å². The van der Waals surface area contributed by atoms with E-state index in [0.717, 1.165) is 5.69 Å². The van der Waals surface area contributed by atoms with Gasteiger partial charge in [-0.3, -0.25) is 5.43 Å². The quantitative estimate of drug-likeness (QED) is 0.465. The van der Waals surface area contributed by atoms with E-state index in [9.17, 15) is 0 Å². The van der Waals surface area contributed by atoms with Gasteiger partial charge in [-0.05, 0) is 23.8 Å². The van der Waals surface area contributed by atoms with E-state index in [1.807, 2.05) is 12.1 Å². The van der Waals surface area contributed by atoms with Gasteiger partial charge >= 0.3 is 0 Å². The summed E-state index contributed by atoms with van der Waals surface area (Å²) < 4.78 is 0. The van der Waals surface area contributed by atoms with Crippen LogP contribution in [0.1, 0.15) is 11.6 Å². The molecule has 5 heteroatoms. The molecule has 4 N–H and O–H groups in total. The van der Waals surface area contributed by atoms with E-state index >= 15 is 0 Å². The van der Waals surface area contributed by atoms with Gasteiger partial charge in [0.25, 0.3) is 0 Å². The zero-order valence-electron chi connectivity index (χ0n) is 7.37. The van der Waals surface area contributed by atoms with E-state index in [0.29, 0.717) is 5.11 Å². The zero-order chi connectivity index (χ0) is 9.54. The van der Waals surface area contributed by atoms with Crippen molar-refractivity contribution in [3.8, 4) is 0 Å². The van der Waals surface area contributed by atoms with Gasteiger partial charge in [-0.2, -0.15) is 0 Å². The van der Waals surface area contributed by atoms with Gasteiger partial charge in [0.05, 0.1) is 6.04 Å². The molecular formula is C9H10N4S. The first-order chi connectivity index (χ1) is 6.84. The number of hydrazine groups is 1. The minimum atomic E-state index is 0.154. The van der Waals surface area contributed by atoms with E-state index in [1.54, 1.807) is 0 Å². The molecule has 3 rings (SSSR count). The Morgan fingerprint density at radius 2 is 2.00 bits per heavy atom. The normalized spacial score (nSPS) is 28.1. The van der Waals surface area contributed by atoms with Crippen LogP contribution in [0.25, 0.3) is 0 Å². The molecule has 0 saturated carbocycles. The number of nitrogens with one attached hydrogen (secondary N) is 4. The molecule has 0 aliphatic carbocycles. The molecule has 1 fully saturated rings. The van der Waals surface area contributed by atoms with Gasteiger partial charge in [-0.15, -0.1) is 0 Å². The molecule has 0 bridgehead atoms. The Morgan fingerprint density at radius 1 is 1.14 bits per heavy atom. The number of rotatable bonds is 0. The Kier molecular flexibility index (Phi) is 1.62. The van der Waals surface area contributed by atoms with Gasteiger partial charge in [0.15, 0.2) is 5.11 Å². The van der Waals surface area contributed by atoms with E-state index in [2.05, 4.69) is 33.6 Å². The Bertz CT molecular complexity index is 392. The molecule has 2 unspecified atom stereocenters. The van der Waals surface area contributed by atoms with Crippen LogP contribution in [0.3, 0.4) is 0 Å². The summed E-state index contributed by atoms with van der Waals surface area (Å²) in [5.74, 6) is 0. The highest BCUT2D eigenvalue weighted by molar-refractivity contribution is 7.80. The summed E-state index contributed by atoms with van der Waals surface area (Å²) in [5.41, 5.74) is 8.52. The molecule has 1 aromatic carbocycles. The van der Waals surface area contributed by atoms with Gasteiger partial charge < -0.3 is 10.6 Å². The van der Waals surface area contributed by atoms with Crippen molar-refractivity contribution >= 4 is 23.0 Å². The Morgan fingerprint density at radius 3 is 2.93 bits per heavy atom. The van der Waals surface area contributed by atoms with Crippen molar-refractivity contribution in [3.05, 3.63) is 29.8 Å². The Balaban J connectivity index is 1.98. The summed E-state index contributed by atoms with van der Waals surface area (Å²) in [6, 6.07) is 8.47. The maximum Gasteiger partial charge on any atom is 0.182 e. The average molecular weight is 206 g/mol. The highest BCUT2D eigenvalue weighted by Gasteiger charge is 2.34. The number of fused-ring (bicyclic) bond motifs is 3. The standard InChI is InChI=1S/C9H10N4S/c14-9-11-8-7(12-13-9)5-3-1-2-4-6(5)10-8/h1-4,7-8,10,12H,(H2,11,13,14). The maximum absolute atomic E-state index is 5.02. The van der Waals surface area contributed by atoms with Crippen LogP contribution in [0.5, 0.6) is 0 Å². The van der Waals surface area contributed by atoms with Crippen molar-refractivity contribution < 1.29 is 0 Å². The second-order valence-electron chi connectivity index (χ2n) is 3.43. The van der Waals surface area contributed by atoms with Crippen LogP contribution in [0.2, 0.25) is 0 Å². The highest BCUT2D eigenvalue weighted by Crippen LogP contribution is 2.33. The SMILES string of the molecule is S=C1NNC2c3ccccc3NC2N1. The van der Waals surface area contributed by atoms with Crippen LogP contribution in [0, 0.1) is 0 Å². The summed E-state index contributed by atoms with van der Waals surface area (Å²) in [6.07, 6.45) is 0.154. The van der Waals surface area contributed by atoms with Crippen molar-refractivity contribution in [2.24, 2.45) is 0 Å². The molecule has 2 aliphatic heterocycles. The lowest BCUT2D eigenvalue weighted by atomic mass is 10.1. The molecule has 0 aromatic heterocycles. The molecule has 0 spiro atoms. The minimum Gasteiger partial charge on any atom is -0.363 e. The first-order valence-corrected chi connectivity index (χ1v) is 4.93. The number of para-hydroxylation sites is 1.